The molecule has 2 aromatic rings. The molecule has 0 spiro atoms. The lowest BCUT2D eigenvalue weighted by molar-refractivity contribution is 0.0951. The van der Waals surface area contributed by atoms with Gasteiger partial charge in [-0.3, -0.25) is 4.79 Å². The fourth-order valence-corrected chi connectivity index (χ4v) is 2.26. The fraction of sp³-hybridized carbons (Fsp3) is 0.316. The zero-order chi connectivity index (χ0) is 16.8. The number of carbonyl (C=O) groups excluding carboxylic acids is 1. The third-order valence-corrected chi connectivity index (χ3v) is 3.41. The van der Waals surface area contributed by atoms with E-state index in [0.29, 0.717) is 12.1 Å². The minimum Gasteiger partial charge on any atom is -0.496 e. The van der Waals surface area contributed by atoms with E-state index in [4.69, 9.17) is 9.47 Å². The highest BCUT2D eigenvalue weighted by Crippen LogP contribution is 2.18. The summed E-state index contributed by atoms with van der Waals surface area (Å²) in [5, 5.41) is 2.92. The number of methoxy groups -OCH3 is 1. The molecule has 0 saturated carbocycles. The van der Waals surface area contributed by atoms with Crippen molar-refractivity contribution < 1.29 is 14.3 Å². The van der Waals surface area contributed by atoms with Crippen LogP contribution in [0.1, 0.15) is 35.3 Å². The number of ether oxygens (including phenoxy) is 2. The topological polar surface area (TPSA) is 47.6 Å². The van der Waals surface area contributed by atoms with E-state index in [0.717, 1.165) is 22.6 Å². The molecule has 0 radical (unpaired) electrons. The van der Waals surface area contributed by atoms with Crippen LogP contribution in [0.15, 0.2) is 42.5 Å². The third-order valence-electron chi connectivity index (χ3n) is 3.41. The average molecular weight is 313 g/mol. The first kappa shape index (κ1) is 16.9. The highest BCUT2D eigenvalue weighted by atomic mass is 16.5. The lowest BCUT2D eigenvalue weighted by Gasteiger charge is -2.11. The Kier molecular flexibility index (Phi) is 5.63. The monoisotopic (exact) mass is 313 g/mol. The maximum atomic E-state index is 12.2. The number of hydrogen-bond donors (Lipinski definition) is 1. The minimum atomic E-state index is -0.0988. The Morgan fingerprint density at radius 3 is 2.39 bits per heavy atom. The van der Waals surface area contributed by atoms with Gasteiger partial charge in [0, 0.05) is 12.1 Å². The van der Waals surface area contributed by atoms with Crippen LogP contribution in [-0.2, 0) is 6.54 Å². The maximum Gasteiger partial charge on any atom is 0.251 e. The number of carbonyl (C=O) groups is 1. The van der Waals surface area contributed by atoms with Gasteiger partial charge in [0.25, 0.3) is 5.91 Å². The van der Waals surface area contributed by atoms with Gasteiger partial charge in [0.05, 0.1) is 13.2 Å². The Bertz CT molecular complexity index is 663. The summed E-state index contributed by atoms with van der Waals surface area (Å²) in [7, 11) is 1.62. The van der Waals surface area contributed by atoms with Crippen LogP contribution in [0.25, 0.3) is 0 Å². The highest BCUT2D eigenvalue weighted by molar-refractivity contribution is 5.94. The molecule has 0 heterocycles. The lowest BCUT2D eigenvalue weighted by atomic mass is 10.1. The zero-order valence-corrected chi connectivity index (χ0v) is 14.1. The molecule has 4 nitrogen and oxygen atoms in total. The highest BCUT2D eigenvalue weighted by Gasteiger charge is 2.08. The quantitative estimate of drug-likeness (QED) is 0.884. The van der Waals surface area contributed by atoms with Crippen molar-refractivity contribution in [1.29, 1.82) is 0 Å². The van der Waals surface area contributed by atoms with Gasteiger partial charge in [0.15, 0.2) is 0 Å². The summed E-state index contributed by atoms with van der Waals surface area (Å²) in [6.45, 7) is 6.38. The molecular weight excluding hydrogens is 290 g/mol. The van der Waals surface area contributed by atoms with Crippen molar-refractivity contribution in [1.82, 2.24) is 5.32 Å². The molecule has 1 amide bonds. The van der Waals surface area contributed by atoms with E-state index < -0.39 is 0 Å². The van der Waals surface area contributed by atoms with Gasteiger partial charge in [0.2, 0.25) is 0 Å². The molecule has 1 N–H and O–H groups in total. The molecule has 0 aliphatic rings. The number of hydrogen-bond acceptors (Lipinski definition) is 3. The zero-order valence-electron chi connectivity index (χ0n) is 14.1. The molecule has 0 unspecified atom stereocenters. The van der Waals surface area contributed by atoms with Crippen molar-refractivity contribution in [3.05, 3.63) is 59.2 Å². The predicted molar refractivity (Wildman–Crippen MR) is 91.1 cm³/mol. The summed E-state index contributed by atoms with van der Waals surface area (Å²) >= 11 is 0. The van der Waals surface area contributed by atoms with Crippen LogP contribution >= 0.6 is 0 Å². The fourth-order valence-electron chi connectivity index (χ4n) is 2.26. The average Bonchev–Trinajstić information content (AvgIpc) is 2.53. The first-order chi connectivity index (χ1) is 11.0. The molecule has 0 saturated heterocycles. The Labute approximate surface area is 137 Å². The van der Waals surface area contributed by atoms with Crippen molar-refractivity contribution in [2.75, 3.05) is 7.11 Å². The molecule has 0 atom stereocenters. The van der Waals surface area contributed by atoms with Gasteiger partial charge in [-0.05, 0) is 62.2 Å². The van der Waals surface area contributed by atoms with Gasteiger partial charge in [-0.15, -0.1) is 0 Å². The number of benzene rings is 2. The van der Waals surface area contributed by atoms with Crippen LogP contribution in [0, 0.1) is 6.92 Å². The molecule has 0 aliphatic carbocycles. The second-order valence-electron chi connectivity index (χ2n) is 5.68. The number of aryl methyl sites for hydroxylation is 1. The standard InChI is InChI=1S/C19H23NO3/c1-13(2)23-17-8-5-15(6-9-17)12-20-19(21)16-7-10-18(22-4)14(3)11-16/h5-11,13H,12H2,1-4H3,(H,20,21). The minimum absolute atomic E-state index is 0.0988. The van der Waals surface area contributed by atoms with Crippen LogP contribution < -0.4 is 14.8 Å². The van der Waals surface area contributed by atoms with E-state index in [1.165, 1.54) is 0 Å². The van der Waals surface area contributed by atoms with Crippen molar-refractivity contribution in [2.45, 2.75) is 33.4 Å². The number of amides is 1. The van der Waals surface area contributed by atoms with Gasteiger partial charge >= 0.3 is 0 Å². The molecular formula is C19H23NO3. The Hall–Kier alpha value is -2.49. The summed E-state index contributed by atoms with van der Waals surface area (Å²) in [5.74, 6) is 1.52. The second-order valence-corrected chi connectivity index (χ2v) is 5.68. The van der Waals surface area contributed by atoms with Crippen LogP contribution in [-0.4, -0.2) is 19.1 Å². The summed E-state index contributed by atoms with van der Waals surface area (Å²) in [6, 6.07) is 13.1. The maximum absolute atomic E-state index is 12.2. The number of rotatable bonds is 6. The van der Waals surface area contributed by atoms with Crippen molar-refractivity contribution in [2.24, 2.45) is 0 Å². The number of nitrogens with one attached hydrogen (secondary N) is 1. The predicted octanol–water partition coefficient (Wildman–Crippen LogP) is 3.72. The summed E-state index contributed by atoms with van der Waals surface area (Å²) < 4.78 is 10.8. The third kappa shape index (κ3) is 4.74. The Morgan fingerprint density at radius 2 is 1.83 bits per heavy atom. The lowest BCUT2D eigenvalue weighted by Crippen LogP contribution is -2.22. The molecule has 2 aromatic carbocycles. The van der Waals surface area contributed by atoms with Crippen molar-refractivity contribution in [3.63, 3.8) is 0 Å². The summed E-state index contributed by atoms with van der Waals surface area (Å²) in [5.41, 5.74) is 2.60. The van der Waals surface area contributed by atoms with Gasteiger partial charge in [-0.2, -0.15) is 0 Å². The second kappa shape index (κ2) is 7.68. The molecule has 2 rings (SSSR count). The molecule has 23 heavy (non-hydrogen) atoms. The van der Waals surface area contributed by atoms with Crippen LogP contribution in [0.4, 0.5) is 0 Å². The summed E-state index contributed by atoms with van der Waals surface area (Å²) in [6.07, 6.45) is 0.152. The molecule has 0 aliphatic heterocycles. The van der Waals surface area contributed by atoms with Crippen molar-refractivity contribution >= 4 is 5.91 Å². The molecule has 0 aromatic heterocycles. The van der Waals surface area contributed by atoms with E-state index in [2.05, 4.69) is 5.32 Å². The first-order valence-electron chi connectivity index (χ1n) is 7.68. The Morgan fingerprint density at radius 1 is 1.13 bits per heavy atom. The van der Waals surface area contributed by atoms with Gasteiger partial charge in [-0.25, -0.2) is 0 Å². The Balaban J connectivity index is 1.95. The van der Waals surface area contributed by atoms with Gasteiger partial charge < -0.3 is 14.8 Å². The van der Waals surface area contributed by atoms with Crippen LogP contribution in [0.3, 0.4) is 0 Å². The molecule has 0 fully saturated rings. The van der Waals surface area contributed by atoms with E-state index in [1.54, 1.807) is 13.2 Å². The smallest absolute Gasteiger partial charge is 0.251 e. The SMILES string of the molecule is COc1ccc(C(=O)NCc2ccc(OC(C)C)cc2)cc1C. The largest absolute Gasteiger partial charge is 0.496 e. The normalized spacial score (nSPS) is 10.5. The summed E-state index contributed by atoms with van der Waals surface area (Å²) in [4.78, 5) is 12.2. The van der Waals surface area contributed by atoms with E-state index in [9.17, 15) is 4.79 Å². The van der Waals surface area contributed by atoms with Gasteiger partial charge in [0.1, 0.15) is 11.5 Å². The van der Waals surface area contributed by atoms with Crippen molar-refractivity contribution in [3.8, 4) is 11.5 Å². The molecule has 4 heteroatoms. The molecule has 0 bridgehead atoms. The van der Waals surface area contributed by atoms with E-state index in [-0.39, 0.29) is 12.0 Å². The van der Waals surface area contributed by atoms with E-state index >= 15 is 0 Å². The molecule has 122 valence electrons. The van der Waals surface area contributed by atoms with Crippen LogP contribution in [0.2, 0.25) is 0 Å². The van der Waals surface area contributed by atoms with E-state index in [1.807, 2.05) is 57.2 Å². The first-order valence-corrected chi connectivity index (χ1v) is 7.68. The van der Waals surface area contributed by atoms with Crippen LogP contribution in [0.5, 0.6) is 11.5 Å². The van der Waals surface area contributed by atoms with Gasteiger partial charge in [-0.1, -0.05) is 12.1 Å².